The molecule has 1 saturated heterocycles. The van der Waals surface area contributed by atoms with E-state index in [0.29, 0.717) is 12.6 Å². The zero-order valence-corrected chi connectivity index (χ0v) is 9.53. The van der Waals surface area contributed by atoms with Gasteiger partial charge in [-0.1, -0.05) is 0 Å². The molecule has 1 N–H and O–H groups in total. The molecule has 15 heavy (non-hydrogen) atoms. The second-order valence-electron chi connectivity index (χ2n) is 3.65. The Bertz CT molecular complexity index is 343. The fraction of sp³-hybridized carbons (Fsp3) is 0.875. The minimum absolute atomic E-state index is 0.320. The van der Waals surface area contributed by atoms with Crippen LogP contribution >= 0.6 is 0 Å². The van der Waals surface area contributed by atoms with E-state index in [-0.39, 0.29) is 0 Å². The lowest BCUT2D eigenvalue weighted by Gasteiger charge is -2.21. The van der Waals surface area contributed by atoms with Gasteiger partial charge in [-0.3, -0.25) is 4.21 Å². The number of nitrogens with zero attached hydrogens (tertiary/aromatic N) is 4. The summed E-state index contributed by atoms with van der Waals surface area (Å²) in [7, 11) is 1.24. The van der Waals surface area contributed by atoms with Crippen molar-refractivity contribution in [1.82, 2.24) is 25.5 Å². The monoisotopic (exact) mass is 229 g/mol. The molecule has 0 bridgehead atoms. The van der Waals surface area contributed by atoms with E-state index in [1.54, 1.807) is 0 Å². The summed E-state index contributed by atoms with van der Waals surface area (Å²) in [5, 5.41) is 14.7. The highest BCUT2D eigenvalue weighted by Crippen LogP contribution is 2.21. The summed E-state index contributed by atoms with van der Waals surface area (Å²) >= 11 is 0. The Balaban J connectivity index is 2.08. The van der Waals surface area contributed by atoms with Crippen molar-refractivity contribution >= 4 is 10.8 Å². The molecule has 0 aliphatic carbocycles. The van der Waals surface area contributed by atoms with E-state index in [1.165, 1.54) is 0 Å². The van der Waals surface area contributed by atoms with Crippen molar-refractivity contribution in [3.63, 3.8) is 0 Å². The number of rotatable bonds is 3. The molecule has 2 rings (SSSR count). The van der Waals surface area contributed by atoms with Gasteiger partial charge in [-0.15, -0.1) is 5.10 Å². The molecule has 0 unspecified atom stereocenters. The first kappa shape index (κ1) is 10.7. The fourth-order valence-electron chi connectivity index (χ4n) is 1.80. The summed E-state index contributed by atoms with van der Waals surface area (Å²) in [5.41, 5.74) is 0. The summed E-state index contributed by atoms with van der Waals surface area (Å²) < 4.78 is 13.1. The minimum Gasteiger partial charge on any atom is -0.313 e. The van der Waals surface area contributed by atoms with Crippen LogP contribution in [-0.4, -0.2) is 43.0 Å². The van der Waals surface area contributed by atoms with Gasteiger partial charge in [0.15, 0.2) is 5.82 Å². The maximum absolute atomic E-state index is 11.2. The van der Waals surface area contributed by atoms with Crippen LogP contribution in [-0.2, 0) is 17.3 Å². The maximum Gasteiger partial charge on any atom is 0.165 e. The van der Waals surface area contributed by atoms with Crippen molar-refractivity contribution in [2.75, 3.05) is 18.6 Å². The molecular formula is C8H15N5OS. The number of hydrogen-bond acceptors (Lipinski definition) is 5. The first-order valence-electron chi connectivity index (χ1n) is 5.07. The van der Waals surface area contributed by atoms with Gasteiger partial charge in [-0.2, -0.15) is 0 Å². The average molecular weight is 229 g/mol. The Kier molecular flexibility index (Phi) is 3.42. The van der Waals surface area contributed by atoms with E-state index in [9.17, 15) is 4.21 Å². The van der Waals surface area contributed by atoms with Gasteiger partial charge in [0.25, 0.3) is 0 Å². The Morgan fingerprint density at radius 1 is 1.53 bits per heavy atom. The molecule has 0 amide bonds. The predicted octanol–water partition coefficient (Wildman–Crippen LogP) is -0.524. The van der Waals surface area contributed by atoms with Crippen LogP contribution in [0.4, 0.5) is 0 Å². The molecular weight excluding hydrogens is 214 g/mol. The average Bonchev–Trinajstić information content (AvgIpc) is 2.68. The van der Waals surface area contributed by atoms with Crippen LogP contribution in [0, 0.1) is 0 Å². The Morgan fingerprint density at radius 3 is 2.93 bits per heavy atom. The summed E-state index contributed by atoms with van der Waals surface area (Å²) in [6.45, 7) is 0.673. The topological polar surface area (TPSA) is 72.7 Å². The fourth-order valence-corrected chi connectivity index (χ4v) is 3.07. The highest BCUT2D eigenvalue weighted by molar-refractivity contribution is 7.85. The van der Waals surface area contributed by atoms with Gasteiger partial charge < -0.3 is 5.32 Å². The van der Waals surface area contributed by atoms with E-state index in [1.807, 2.05) is 11.7 Å². The number of hydrogen-bond donors (Lipinski definition) is 1. The van der Waals surface area contributed by atoms with Crippen LogP contribution in [0.1, 0.15) is 24.7 Å². The van der Waals surface area contributed by atoms with Crippen LogP contribution in [0.3, 0.4) is 0 Å². The third kappa shape index (κ3) is 2.40. The molecule has 1 aliphatic rings. The summed E-state index contributed by atoms with van der Waals surface area (Å²) in [4.78, 5) is 0. The van der Waals surface area contributed by atoms with Crippen LogP contribution in [0.5, 0.6) is 0 Å². The first-order valence-corrected chi connectivity index (χ1v) is 6.56. The third-order valence-electron chi connectivity index (χ3n) is 2.60. The second kappa shape index (κ2) is 4.80. The number of tetrazole rings is 1. The molecule has 2 heterocycles. The zero-order chi connectivity index (χ0) is 10.7. The lowest BCUT2D eigenvalue weighted by atomic mass is 10.1. The lowest BCUT2D eigenvalue weighted by molar-refractivity contribution is 0.396. The molecule has 7 heteroatoms. The normalized spacial score (nSPS) is 26.7. The molecule has 1 aliphatic heterocycles. The molecule has 0 spiro atoms. The number of aromatic nitrogens is 4. The van der Waals surface area contributed by atoms with Crippen molar-refractivity contribution in [1.29, 1.82) is 0 Å². The minimum atomic E-state index is -0.630. The van der Waals surface area contributed by atoms with Crippen LogP contribution < -0.4 is 5.32 Å². The molecule has 0 radical (unpaired) electrons. The van der Waals surface area contributed by atoms with Gasteiger partial charge in [0.1, 0.15) is 0 Å². The van der Waals surface area contributed by atoms with Crippen molar-refractivity contribution in [3.8, 4) is 0 Å². The van der Waals surface area contributed by atoms with Crippen LogP contribution in [0.25, 0.3) is 0 Å². The van der Waals surface area contributed by atoms with Gasteiger partial charge in [0, 0.05) is 22.3 Å². The standard InChI is InChI=1S/C8H15N5OS/c1-9-6-8-10-11-12-13(8)7-2-4-15(14)5-3-7/h7,9H,2-6H2,1H3. The Morgan fingerprint density at radius 2 is 2.27 bits per heavy atom. The predicted molar refractivity (Wildman–Crippen MR) is 56.7 cm³/mol. The van der Waals surface area contributed by atoms with Crippen LogP contribution in [0.2, 0.25) is 0 Å². The van der Waals surface area contributed by atoms with Crippen LogP contribution in [0.15, 0.2) is 0 Å². The van der Waals surface area contributed by atoms with E-state index in [2.05, 4.69) is 20.8 Å². The SMILES string of the molecule is CNCc1nnnn1C1CCS(=O)CC1. The molecule has 1 aromatic heterocycles. The van der Waals surface area contributed by atoms with Crippen molar-refractivity contribution in [2.45, 2.75) is 25.4 Å². The molecule has 6 nitrogen and oxygen atoms in total. The van der Waals surface area contributed by atoms with Gasteiger partial charge in [-0.25, -0.2) is 4.68 Å². The smallest absolute Gasteiger partial charge is 0.165 e. The van der Waals surface area contributed by atoms with Gasteiger partial charge >= 0.3 is 0 Å². The lowest BCUT2D eigenvalue weighted by Crippen LogP contribution is -2.25. The number of nitrogens with one attached hydrogen (secondary N) is 1. The largest absolute Gasteiger partial charge is 0.313 e. The van der Waals surface area contributed by atoms with E-state index in [4.69, 9.17) is 0 Å². The van der Waals surface area contributed by atoms with Gasteiger partial charge in [-0.05, 0) is 30.3 Å². The molecule has 0 aromatic carbocycles. The molecule has 0 atom stereocenters. The summed E-state index contributed by atoms with van der Waals surface area (Å²) in [5.74, 6) is 2.39. The molecule has 1 aromatic rings. The van der Waals surface area contributed by atoms with E-state index < -0.39 is 10.8 Å². The zero-order valence-electron chi connectivity index (χ0n) is 8.72. The van der Waals surface area contributed by atoms with E-state index in [0.717, 1.165) is 30.2 Å². The Hall–Kier alpha value is -0.820. The second-order valence-corrected chi connectivity index (χ2v) is 5.35. The maximum atomic E-state index is 11.2. The molecule has 84 valence electrons. The molecule has 1 fully saturated rings. The quantitative estimate of drug-likeness (QED) is 0.755. The van der Waals surface area contributed by atoms with Crippen molar-refractivity contribution in [3.05, 3.63) is 5.82 Å². The Labute approximate surface area is 90.9 Å². The van der Waals surface area contributed by atoms with Gasteiger partial charge in [0.2, 0.25) is 0 Å². The van der Waals surface area contributed by atoms with Crippen molar-refractivity contribution in [2.24, 2.45) is 0 Å². The highest BCUT2D eigenvalue weighted by atomic mass is 32.2. The highest BCUT2D eigenvalue weighted by Gasteiger charge is 2.22. The van der Waals surface area contributed by atoms with Crippen molar-refractivity contribution < 1.29 is 4.21 Å². The summed E-state index contributed by atoms with van der Waals surface area (Å²) in [6, 6.07) is 0.320. The van der Waals surface area contributed by atoms with Gasteiger partial charge in [0.05, 0.1) is 12.6 Å². The van der Waals surface area contributed by atoms with E-state index >= 15 is 0 Å². The molecule has 0 saturated carbocycles. The third-order valence-corrected chi connectivity index (χ3v) is 3.98. The summed E-state index contributed by atoms with van der Waals surface area (Å²) in [6.07, 6.45) is 1.82. The first-order chi connectivity index (χ1) is 7.31.